The van der Waals surface area contributed by atoms with Gasteiger partial charge in [-0.15, -0.1) is 0 Å². The van der Waals surface area contributed by atoms with Crippen LogP contribution in [0.2, 0.25) is 0 Å². The molecule has 1 N–H and O–H groups in total. The fourth-order valence-electron chi connectivity index (χ4n) is 3.14. The Hall–Kier alpha value is -3.34. The summed E-state index contributed by atoms with van der Waals surface area (Å²) in [4.78, 5) is 24.3. The number of aromatic nitrogens is 1. The molecule has 3 aromatic rings. The summed E-state index contributed by atoms with van der Waals surface area (Å²) in [6.45, 7) is 5.38. The summed E-state index contributed by atoms with van der Waals surface area (Å²) in [5.74, 6) is 0.539. The van der Waals surface area contributed by atoms with Crippen LogP contribution in [0.15, 0.2) is 54.6 Å². The molecule has 0 fully saturated rings. The van der Waals surface area contributed by atoms with Crippen molar-refractivity contribution in [3.05, 3.63) is 77.1 Å². The number of Topliss-reactive ketones (excluding diaryl/α,β-unsaturated/α-hetero) is 1. The molecule has 5 nitrogen and oxygen atoms in total. The second kappa shape index (κ2) is 7.50. The summed E-state index contributed by atoms with van der Waals surface area (Å²) in [7, 11) is 1.63. The van der Waals surface area contributed by atoms with Crippen molar-refractivity contribution in [1.82, 2.24) is 4.57 Å². The second-order valence-corrected chi connectivity index (χ2v) is 6.41. The molecule has 1 aromatic heterocycles. The van der Waals surface area contributed by atoms with E-state index in [1.807, 2.05) is 48.7 Å². The maximum absolute atomic E-state index is 12.8. The summed E-state index contributed by atoms with van der Waals surface area (Å²) in [6.07, 6.45) is 0. The van der Waals surface area contributed by atoms with E-state index in [4.69, 9.17) is 4.74 Å². The van der Waals surface area contributed by atoms with Gasteiger partial charge in [0, 0.05) is 28.3 Å². The maximum Gasteiger partial charge on any atom is 0.257 e. The first kappa shape index (κ1) is 18.5. The second-order valence-electron chi connectivity index (χ2n) is 6.41. The van der Waals surface area contributed by atoms with Crippen LogP contribution < -0.4 is 10.1 Å². The molecule has 0 atom stereocenters. The number of rotatable bonds is 5. The minimum atomic E-state index is -0.205. The average Bonchev–Trinajstić information content (AvgIpc) is 2.96. The van der Waals surface area contributed by atoms with Crippen LogP contribution in [0.5, 0.6) is 5.75 Å². The predicted molar refractivity (Wildman–Crippen MR) is 106 cm³/mol. The molecule has 0 radical (unpaired) electrons. The molecule has 5 heteroatoms. The molecule has 2 aromatic carbocycles. The van der Waals surface area contributed by atoms with Crippen LogP contribution >= 0.6 is 0 Å². The van der Waals surface area contributed by atoms with E-state index in [-0.39, 0.29) is 11.7 Å². The Balaban J connectivity index is 1.90. The molecule has 0 aliphatic rings. The van der Waals surface area contributed by atoms with E-state index in [0.717, 1.165) is 22.8 Å². The van der Waals surface area contributed by atoms with Crippen molar-refractivity contribution < 1.29 is 14.3 Å². The summed E-state index contributed by atoms with van der Waals surface area (Å²) in [5.41, 5.74) is 4.52. The van der Waals surface area contributed by atoms with Crippen molar-refractivity contribution in [2.45, 2.75) is 20.8 Å². The fraction of sp³-hybridized carbons (Fsp3) is 0.182. The number of anilines is 1. The number of amides is 1. The minimum absolute atomic E-state index is 0.0382. The first-order valence-electron chi connectivity index (χ1n) is 8.66. The van der Waals surface area contributed by atoms with Gasteiger partial charge >= 0.3 is 0 Å². The van der Waals surface area contributed by atoms with Crippen molar-refractivity contribution in [3.63, 3.8) is 0 Å². The number of carbonyl (C=O) groups is 2. The van der Waals surface area contributed by atoms with Crippen LogP contribution in [0.1, 0.15) is 39.0 Å². The Morgan fingerprint density at radius 1 is 1.00 bits per heavy atom. The van der Waals surface area contributed by atoms with Crippen molar-refractivity contribution in [2.75, 3.05) is 12.4 Å². The summed E-state index contributed by atoms with van der Waals surface area (Å²) >= 11 is 0. The Morgan fingerprint density at radius 3 is 2.33 bits per heavy atom. The van der Waals surface area contributed by atoms with Gasteiger partial charge in [-0.25, -0.2) is 0 Å². The zero-order valence-electron chi connectivity index (χ0n) is 15.9. The predicted octanol–water partition coefficient (Wildman–Crippen LogP) is 4.56. The number of methoxy groups -OCH3 is 1. The molecule has 0 aliphatic carbocycles. The Kier molecular flexibility index (Phi) is 5.12. The number of nitrogens with one attached hydrogen (secondary N) is 1. The van der Waals surface area contributed by atoms with Crippen LogP contribution in [-0.2, 0) is 0 Å². The van der Waals surface area contributed by atoms with Crippen LogP contribution in [0.25, 0.3) is 5.69 Å². The van der Waals surface area contributed by atoms with Gasteiger partial charge in [-0.3, -0.25) is 9.59 Å². The van der Waals surface area contributed by atoms with Crippen molar-refractivity contribution in [2.24, 2.45) is 0 Å². The lowest BCUT2D eigenvalue weighted by atomic mass is 10.1. The number of benzene rings is 2. The number of carbonyl (C=O) groups excluding carboxylic acids is 2. The first-order chi connectivity index (χ1) is 12.9. The molecule has 1 heterocycles. The molecule has 0 bridgehead atoms. The highest BCUT2D eigenvalue weighted by Gasteiger charge is 2.17. The van der Waals surface area contributed by atoms with Crippen LogP contribution in [-0.4, -0.2) is 23.4 Å². The summed E-state index contributed by atoms with van der Waals surface area (Å²) in [6, 6.07) is 16.5. The highest BCUT2D eigenvalue weighted by Crippen LogP contribution is 2.24. The third-order valence-corrected chi connectivity index (χ3v) is 4.53. The molecule has 0 aliphatic heterocycles. The lowest BCUT2D eigenvalue weighted by Gasteiger charge is -2.11. The first-order valence-corrected chi connectivity index (χ1v) is 8.66. The lowest BCUT2D eigenvalue weighted by Crippen LogP contribution is -2.13. The van der Waals surface area contributed by atoms with Gasteiger partial charge in [-0.05, 0) is 63.2 Å². The third kappa shape index (κ3) is 3.77. The van der Waals surface area contributed by atoms with Crippen molar-refractivity contribution in [3.8, 4) is 11.4 Å². The van der Waals surface area contributed by atoms with Crippen LogP contribution in [0, 0.1) is 13.8 Å². The minimum Gasteiger partial charge on any atom is -0.497 e. The van der Waals surface area contributed by atoms with Crippen molar-refractivity contribution >= 4 is 17.4 Å². The van der Waals surface area contributed by atoms with E-state index in [0.29, 0.717) is 16.8 Å². The standard InChI is InChI=1S/C22H22N2O3/c1-14-12-21(15(2)24(14)19-8-10-20(27-4)11-9-19)22(26)23-18-7-5-6-17(13-18)16(3)25/h5-13H,1-4H3,(H,23,26). The molecule has 1 amide bonds. The fourth-order valence-corrected chi connectivity index (χ4v) is 3.14. The summed E-state index contributed by atoms with van der Waals surface area (Å²) < 4.78 is 7.23. The van der Waals surface area contributed by atoms with E-state index in [2.05, 4.69) is 5.32 Å². The maximum atomic E-state index is 12.8. The molecule has 27 heavy (non-hydrogen) atoms. The zero-order chi connectivity index (χ0) is 19.6. The molecule has 0 spiro atoms. The quantitative estimate of drug-likeness (QED) is 0.677. The summed E-state index contributed by atoms with van der Waals surface area (Å²) in [5, 5.41) is 2.88. The lowest BCUT2D eigenvalue weighted by molar-refractivity contribution is 0.101. The van der Waals surface area contributed by atoms with Gasteiger partial charge in [0.25, 0.3) is 5.91 Å². The largest absolute Gasteiger partial charge is 0.497 e. The molecule has 0 saturated heterocycles. The van der Waals surface area contributed by atoms with Gasteiger partial charge in [0.2, 0.25) is 0 Å². The monoisotopic (exact) mass is 362 g/mol. The van der Waals surface area contributed by atoms with E-state index in [9.17, 15) is 9.59 Å². The number of aryl methyl sites for hydroxylation is 1. The highest BCUT2D eigenvalue weighted by atomic mass is 16.5. The molecular formula is C22H22N2O3. The SMILES string of the molecule is COc1ccc(-n2c(C)cc(C(=O)Nc3cccc(C(C)=O)c3)c2C)cc1. The normalized spacial score (nSPS) is 10.5. The molecular weight excluding hydrogens is 340 g/mol. The van der Waals surface area contributed by atoms with E-state index in [1.165, 1.54) is 6.92 Å². The van der Waals surface area contributed by atoms with Gasteiger partial charge in [0.05, 0.1) is 12.7 Å². The Labute approximate surface area is 158 Å². The van der Waals surface area contributed by atoms with Crippen LogP contribution in [0.4, 0.5) is 5.69 Å². The van der Waals surface area contributed by atoms with Gasteiger partial charge in [-0.2, -0.15) is 0 Å². The number of hydrogen-bond donors (Lipinski definition) is 1. The average molecular weight is 362 g/mol. The third-order valence-electron chi connectivity index (χ3n) is 4.53. The highest BCUT2D eigenvalue weighted by molar-refractivity contribution is 6.06. The van der Waals surface area contributed by atoms with Gasteiger partial charge in [-0.1, -0.05) is 12.1 Å². The number of nitrogens with zero attached hydrogens (tertiary/aromatic N) is 1. The zero-order valence-corrected chi connectivity index (χ0v) is 15.9. The van der Waals surface area contributed by atoms with Gasteiger partial charge in [0.15, 0.2) is 5.78 Å². The van der Waals surface area contributed by atoms with Crippen LogP contribution in [0.3, 0.4) is 0 Å². The Morgan fingerprint density at radius 2 is 1.70 bits per heavy atom. The number of hydrogen-bond acceptors (Lipinski definition) is 3. The topological polar surface area (TPSA) is 60.3 Å². The molecule has 3 rings (SSSR count). The Bertz CT molecular complexity index is 1000. The van der Waals surface area contributed by atoms with Gasteiger partial charge < -0.3 is 14.6 Å². The molecule has 0 unspecified atom stereocenters. The number of ketones is 1. The van der Waals surface area contributed by atoms with Gasteiger partial charge in [0.1, 0.15) is 5.75 Å². The van der Waals surface area contributed by atoms with E-state index >= 15 is 0 Å². The molecule has 0 saturated carbocycles. The van der Waals surface area contributed by atoms with E-state index < -0.39 is 0 Å². The number of ether oxygens (including phenoxy) is 1. The smallest absolute Gasteiger partial charge is 0.257 e. The van der Waals surface area contributed by atoms with E-state index in [1.54, 1.807) is 31.4 Å². The molecule has 138 valence electrons. The van der Waals surface area contributed by atoms with Crippen molar-refractivity contribution in [1.29, 1.82) is 0 Å².